The highest BCUT2D eigenvalue weighted by atomic mass is 16.6. The minimum absolute atomic E-state index is 0.172. The lowest BCUT2D eigenvalue weighted by molar-refractivity contribution is -0.965. The Labute approximate surface area is 199 Å². The molecule has 4 heterocycles. The van der Waals surface area contributed by atoms with Crippen molar-refractivity contribution in [3.63, 3.8) is 0 Å². The number of aromatic nitrogens is 1. The van der Waals surface area contributed by atoms with Crippen molar-refractivity contribution < 1.29 is 28.4 Å². The fourth-order valence-electron chi connectivity index (χ4n) is 6.68. The fourth-order valence-corrected chi connectivity index (χ4v) is 6.68. The van der Waals surface area contributed by atoms with Crippen molar-refractivity contribution in [2.45, 2.75) is 62.7 Å². The number of nitrogens with two attached hydrogens (primary N) is 1. The van der Waals surface area contributed by atoms with Crippen LogP contribution in [0.1, 0.15) is 62.2 Å². The van der Waals surface area contributed by atoms with Crippen LogP contribution in [0, 0.1) is 11.8 Å². The van der Waals surface area contributed by atoms with Gasteiger partial charge in [0, 0.05) is 30.7 Å². The SMILES string of the molecule is NC(=O)C(c1ccon1)[N+]12CCC(CC1)[C@@H](OC(=O)C(O)(c1ccccc1)C1CCCCC1)C2. The van der Waals surface area contributed by atoms with Crippen LogP contribution >= 0.6 is 0 Å². The molecule has 3 saturated heterocycles. The summed E-state index contributed by atoms with van der Waals surface area (Å²) in [5, 5.41) is 15.9. The Morgan fingerprint density at radius 3 is 2.41 bits per heavy atom. The smallest absolute Gasteiger partial charge is 0.343 e. The maximum Gasteiger partial charge on any atom is 0.343 e. The number of ether oxygens (including phenoxy) is 1. The molecule has 1 aromatic carbocycles. The van der Waals surface area contributed by atoms with Crippen LogP contribution < -0.4 is 5.73 Å². The summed E-state index contributed by atoms with van der Waals surface area (Å²) in [7, 11) is 0. The summed E-state index contributed by atoms with van der Waals surface area (Å²) in [4.78, 5) is 26.3. The molecule has 4 aliphatic rings. The summed E-state index contributed by atoms with van der Waals surface area (Å²) in [5.74, 6) is -0.989. The van der Waals surface area contributed by atoms with Crippen molar-refractivity contribution in [1.82, 2.24) is 5.16 Å². The first kappa shape index (κ1) is 23.1. The van der Waals surface area contributed by atoms with Gasteiger partial charge in [0.15, 0.2) is 17.4 Å². The van der Waals surface area contributed by atoms with Gasteiger partial charge in [0.2, 0.25) is 6.04 Å². The topological polar surface area (TPSA) is 116 Å². The van der Waals surface area contributed by atoms with E-state index in [1.807, 2.05) is 30.3 Å². The standard InChI is InChI=1S/C26H33N3O5/c27-24(30)23(21-13-16-33-28-21)29-14-11-18(12-15-29)22(17-29)34-25(31)26(32,19-7-3-1-4-8-19)20-9-5-2-6-10-20/h1,3-4,7-8,13,16,18,20,22-23,32H,2,5-6,9-12,14-15,17H2,(H-,27,30)/p+1/t18?,22-,23?,26?,29?/m0/s1. The molecule has 2 unspecified atom stereocenters. The first-order chi connectivity index (χ1) is 16.4. The maximum absolute atomic E-state index is 13.7. The molecule has 1 aromatic heterocycles. The van der Waals surface area contributed by atoms with Gasteiger partial charge in [-0.2, -0.15) is 0 Å². The molecule has 1 saturated carbocycles. The van der Waals surface area contributed by atoms with Crippen LogP contribution in [-0.2, 0) is 19.9 Å². The molecule has 1 amide bonds. The van der Waals surface area contributed by atoms with E-state index in [4.69, 9.17) is 15.0 Å². The number of piperidine rings is 3. The lowest BCUT2D eigenvalue weighted by Crippen LogP contribution is -2.67. The Morgan fingerprint density at radius 1 is 1.09 bits per heavy atom. The average molecular weight is 469 g/mol. The van der Waals surface area contributed by atoms with Crippen molar-refractivity contribution in [3.8, 4) is 0 Å². The second kappa shape index (κ2) is 9.15. The number of quaternary nitrogens is 1. The predicted octanol–water partition coefficient (Wildman–Crippen LogP) is 2.82. The van der Waals surface area contributed by atoms with Gasteiger partial charge in [0.1, 0.15) is 12.8 Å². The van der Waals surface area contributed by atoms with E-state index in [9.17, 15) is 14.7 Å². The molecule has 0 radical (unpaired) electrons. The number of esters is 1. The maximum atomic E-state index is 13.7. The second-order valence-corrected chi connectivity index (χ2v) is 10.3. The van der Waals surface area contributed by atoms with Crippen LogP contribution in [0.3, 0.4) is 0 Å². The van der Waals surface area contributed by atoms with Crippen LogP contribution in [0.15, 0.2) is 47.2 Å². The third-order valence-electron chi connectivity index (χ3n) is 8.49. The quantitative estimate of drug-likeness (QED) is 0.477. The van der Waals surface area contributed by atoms with E-state index in [-0.39, 0.29) is 17.9 Å². The van der Waals surface area contributed by atoms with Crippen molar-refractivity contribution in [2.75, 3.05) is 19.6 Å². The molecular weight excluding hydrogens is 434 g/mol. The Morgan fingerprint density at radius 2 is 1.79 bits per heavy atom. The van der Waals surface area contributed by atoms with Gasteiger partial charge in [-0.1, -0.05) is 54.8 Å². The Balaban J connectivity index is 1.42. The number of primary amides is 1. The fraction of sp³-hybridized carbons (Fsp3) is 0.577. The summed E-state index contributed by atoms with van der Waals surface area (Å²) in [6.45, 7) is 2.02. The van der Waals surface area contributed by atoms with E-state index in [1.165, 1.54) is 6.26 Å². The number of nitrogens with zero attached hydrogens (tertiary/aromatic N) is 2. The third kappa shape index (κ3) is 3.92. The van der Waals surface area contributed by atoms with Crippen LogP contribution in [0.5, 0.6) is 0 Å². The summed E-state index contributed by atoms with van der Waals surface area (Å²) in [6, 6.07) is 10.2. The predicted molar refractivity (Wildman–Crippen MR) is 123 cm³/mol. The summed E-state index contributed by atoms with van der Waals surface area (Å²) >= 11 is 0. The molecule has 3 N–H and O–H groups in total. The van der Waals surface area contributed by atoms with Gasteiger partial charge in [-0.3, -0.25) is 4.79 Å². The molecule has 8 heteroatoms. The molecule has 4 fully saturated rings. The van der Waals surface area contributed by atoms with Crippen molar-refractivity contribution in [1.29, 1.82) is 0 Å². The van der Waals surface area contributed by atoms with Gasteiger partial charge in [0.05, 0.1) is 13.1 Å². The number of carbonyl (C=O) groups excluding carboxylic acids is 2. The first-order valence-corrected chi connectivity index (χ1v) is 12.5. The van der Waals surface area contributed by atoms with Crippen LogP contribution in [0.2, 0.25) is 0 Å². The van der Waals surface area contributed by atoms with Gasteiger partial charge >= 0.3 is 5.97 Å². The van der Waals surface area contributed by atoms with E-state index < -0.39 is 23.5 Å². The van der Waals surface area contributed by atoms with E-state index in [0.29, 0.717) is 22.3 Å². The highest BCUT2D eigenvalue weighted by molar-refractivity contribution is 5.82. The van der Waals surface area contributed by atoms with E-state index >= 15 is 0 Å². The van der Waals surface area contributed by atoms with Gasteiger partial charge in [-0.05, 0) is 18.4 Å². The Kier molecular flexibility index (Phi) is 6.20. The molecule has 6 rings (SSSR count). The molecule has 8 nitrogen and oxygen atoms in total. The lowest BCUT2D eigenvalue weighted by Gasteiger charge is -2.54. The zero-order chi connectivity index (χ0) is 23.8. The molecule has 1 aliphatic carbocycles. The number of rotatable bonds is 7. The van der Waals surface area contributed by atoms with Crippen molar-refractivity contribution in [3.05, 3.63) is 53.9 Å². The third-order valence-corrected chi connectivity index (χ3v) is 8.49. The highest BCUT2D eigenvalue weighted by Gasteiger charge is 2.56. The summed E-state index contributed by atoms with van der Waals surface area (Å²) in [5.41, 5.74) is 5.28. The van der Waals surface area contributed by atoms with Gasteiger partial charge in [-0.15, -0.1) is 0 Å². The molecule has 2 aromatic rings. The Bertz CT molecular complexity index is 997. The number of hydrogen-bond donors (Lipinski definition) is 2. The van der Waals surface area contributed by atoms with Crippen molar-refractivity contribution >= 4 is 11.9 Å². The molecule has 34 heavy (non-hydrogen) atoms. The van der Waals surface area contributed by atoms with E-state index in [2.05, 4.69) is 5.16 Å². The highest BCUT2D eigenvalue weighted by Crippen LogP contribution is 2.45. The number of hydrogen-bond acceptors (Lipinski definition) is 6. The normalized spacial score (nSPS) is 29.8. The average Bonchev–Trinajstić information content (AvgIpc) is 3.39. The number of amides is 1. The molecule has 182 valence electrons. The molecular formula is C26H34N3O5+. The number of carbonyl (C=O) groups is 2. The summed E-state index contributed by atoms with van der Waals surface area (Å²) in [6.07, 6.45) is 7.42. The first-order valence-electron chi connectivity index (χ1n) is 12.5. The number of aliphatic hydroxyl groups is 1. The van der Waals surface area contributed by atoms with Crippen LogP contribution in [0.25, 0.3) is 0 Å². The largest absolute Gasteiger partial charge is 0.454 e. The van der Waals surface area contributed by atoms with Gasteiger partial charge < -0.3 is 24.6 Å². The monoisotopic (exact) mass is 468 g/mol. The van der Waals surface area contributed by atoms with Gasteiger partial charge in [0.25, 0.3) is 5.91 Å². The number of benzene rings is 1. The zero-order valence-electron chi connectivity index (χ0n) is 19.5. The van der Waals surface area contributed by atoms with E-state index in [1.54, 1.807) is 6.07 Å². The summed E-state index contributed by atoms with van der Waals surface area (Å²) < 4.78 is 11.6. The molecule has 2 bridgehead atoms. The lowest BCUT2D eigenvalue weighted by atomic mass is 9.73. The Hall–Kier alpha value is -2.71. The van der Waals surface area contributed by atoms with Gasteiger partial charge in [-0.25, -0.2) is 4.79 Å². The van der Waals surface area contributed by atoms with Crippen LogP contribution in [-0.4, -0.2) is 52.4 Å². The van der Waals surface area contributed by atoms with E-state index in [0.717, 1.165) is 58.0 Å². The number of fused-ring (bicyclic) bond motifs is 3. The van der Waals surface area contributed by atoms with Crippen molar-refractivity contribution in [2.24, 2.45) is 17.6 Å². The second-order valence-electron chi connectivity index (χ2n) is 10.3. The minimum Gasteiger partial charge on any atom is -0.454 e. The van der Waals surface area contributed by atoms with Crippen LogP contribution in [0.4, 0.5) is 0 Å². The minimum atomic E-state index is -1.67. The molecule has 0 spiro atoms. The molecule has 3 aliphatic heterocycles. The molecule has 3 atom stereocenters. The zero-order valence-corrected chi connectivity index (χ0v) is 19.5.